The molecule has 1 heterocycles. The lowest BCUT2D eigenvalue weighted by molar-refractivity contribution is -0.135. The minimum Gasteiger partial charge on any atom is -0.490 e. The Morgan fingerprint density at radius 3 is 2.55 bits per heavy atom. The normalized spacial score (nSPS) is 18.5. The summed E-state index contributed by atoms with van der Waals surface area (Å²) in [5.74, 6) is 2.12. The van der Waals surface area contributed by atoms with E-state index in [0.717, 1.165) is 62.6 Å². The van der Waals surface area contributed by atoms with Crippen LogP contribution in [0.15, 0.2) is 29.3 Å². The van der Waals surface area contributed by atoms with Crippen molar-refractivity contribution < 1.29 is 9.53 Å². The van der Waals surface area contributed by atoms with Gasteiger partial charge in [-0.3, -0.25) is 4.79 Å². The first-order chi connectivity index (χ1) is 14.1. The zero-order chi connectivity index (χ0) is 20.6. The number of nitrogens with zero attached hydrogens (tertiary/aromatic N) is 2. The quantitative estimate of drug-likeness (QED) is 0.544. The van der Waals surface area contributed by atoms with Crippen LogP contribution in [0.2, 0.25) is 0 Å². The Morgan fingerprint density at radius 1 is 1.21 bits per heavy atom. The Kier molecular flexibility index (Phi) is 7.78. The maximum atomic E-state index is 12.2. The summed E-state index contributed by atoms with van der Waals surface area (Å²) < 4.78 is 6.13. The van der Waals surface area contributed by atoms with Crippen molar-refractivity contribution in [3.8, 4) is 5.75 Å². The van der Waals surface area contributed by atoms with Gasteiger partial charge < -0.3 is 20.3 Å². The van der Waals surface area contributed by atoms with Crippen molar-refractivity contribution in [1.29, 1.82) is 0 Å². The molecule has 2 aliphatic rings. The third-order valence-electron chi connectivity index (χ3n) is 5.71. The zero-order valence-corrected chi connectivity index (χ0v) is 18.1. The molecular formula is C23H36N4O2. The lowest BCUT2D eigenvalue weighted by atomic mass is 9.96. The van der Waals surface area contributed by atoms with Crippen molar-refractivity contribution in [2.75, 3.05) is 19.6 Å². The van der Waals surface area contributed by atoms with Gasteiger partial charge in [-0.15, -0.1) is 0 Å². The number of aliphatic imine (C=N–C) groups is 1. The number of hydrogen-bond donors (Lipinski definition) is 2. The summed E-state index contributed by atoms with van der Waals surface area (Å²) in [5, 5.41) is 6.91. The molecule has 0 atom stereocenters. The van der Waals surface area contributed by atoms with E-state index in [0.29, 0.717) is 18.7 Å². The number of carbonyl (C=O) groups excluding carboxylic acids is 1. The summed E-state index contributed by atoms with van der Waals surface area (Å²) in [6.07, 6.45) is 5.83. The molecule has 1 saturated carbocycles. The smallest absolute Gasteiger partial charge is 0.225 e. The van der Waals surface area contributed by atoms with Gasteiger partial charge in [-0.1, -0.05) is 32.0 Å². The molecule has 2 fully saturated rings. The predicted octanol–water partition coefficient (Wildman–Crippen LogP) is 3.32. The van der Waals surface area contributed by atoms with Gasteiger partial charge >= 0.3 is 0 Å². The van der Waals surface area contributed by atoms with Gasteiger partial charge in [0.1, 0.15) is 5.75 Å². The highest BCUT2D eigenvalue weighted by atomic mass is 16.5. The second kappa shape index (κ2) is 10.5. The van der Waals surface area contributed by atoms with Crippen molar-refractivity contribution in [3.63, 3.8) is 0 Å². The van der Waals surface area contributed by atoms with E-state index in [1.54, 1.807) is 0 Å². The van der Waals surface area contributed by atoms with Crippen LogP contribution in [0, 0.1) is 5.92 Å². The van der Waals surface area contributed by atoms with Gasteiger partial charge in [-0.05, 0) is 45.1 Å². The predicted molar refractivity (Wildman–Crippen MR) is 117 cm³/mol. The number of piperidine rings is 1. The Morgan fingerprint density at radius 2 is 1.93 bits per heavy atom. The van der Waals surface area contributed by atoms with Crippen molar-refractivity contribution in [2.45, 2.75) is 71.6 Å². The van der Waals surface area contributed by atoms with Crippen LogP contribution in [-0.4, -0.2) is 48.5 Å². The van der Waals surface area contributed by atoms with E-state index in [-0.39, 0.29) is 11.8 Å². The molecule has 0 spiro atoms. The van der Waals surface area contributed by atoms with Crippen LogP contribution in [0.25, 0.3) is 0 Å². The standard InChI is InChI=1S/C23H36N4O2/c1-4-24-23(26-19-12-14-27(15-13-19)22(28)17(2)3)25-16-18-8-5-6-11-21(18)29-20-9-7-10-20/h5-6,8,11,17,19-20H,4,7,9-10,12-16H2,1-3H3,(H2,24,25,26). The molecule has 1 saturated heterocycles. The van der Waals surface area contributed by atoms with E-state index in [2.05, 4.69) is 23.6 Å². The second-order valence-corrected chi connectivity index (χ2v) is 8.37. The maximum absolute atomic E-state index is 12.2. The van der Waals surface area contributed by atoms with Crippen LogP contribution in [0.4, 0.5) is 0 Å². The van der Waals surface area contributed by atoms with E-state index in [1.807, 2.05) is 36.9 Å². The van der Waals surface area contributed by atoms with Crippen LogP contribution >= 0.6 is 0 Å². The Balaban J connectivity index is 1.56. The molecule has 29 heavy (non-hydrogen) atoms. The highest BCUT2D eigenvalue weighted by Gasteiger charge is 2.25. The number of likely N-dealkylation sites (tertiary alicyclic amines) is 1. The maximum Gasteiger partial charge on any atom is 0.225 e. The summed E-state index contributed by atoms with van der Waals surface area (Å²) in [7, 11) is 0. The number of carbonyl (C=O) groups is 1. The molecule has 2 N–H and O–H groups in total. The first-order valence-electron chi connectivity index (χ1n) is 11.1. The van der Waals surface area contributed by atoms with E-state index >= 15 is 0 Å². The number of amides is 1. The first kappa shape index (κ1) is 21.5. The van der Waals surface area contributed by atoms with Crippen LogP contribution in [0.3, 0.4) is 0 Å². The van der Waals surface area contributed by atoms with Crippen molar-refractivity contribution in [3.05, 3.63) is 29.8 Å². The summed E-state index contributed by atoms with van der Waals surface area (Å²) in [5.41, 5.74) is 1.12. The largest absolute Gasteiger partial charge is 0.490 e. The third kappa shape index (κ3) is 6.12. The number of nitrogens with one attached hydrogen (secondary N) is 2. The van der Waals surface area contributed by atoms with Gasteiger partial charge in [0.05, 0.1) is 12.6 Å². The lowest BCUT2D eigenvalue weighted by Crippen LogP contribution is -2.50. The molecular weight excluding hydrogens is 364 g/mol. The van der Waals surface area contributed by atoms with Crippen LogP contribution in [0.5, 0.6) is 5.75 Å². The summed E-state index contributed by atoms with van der Waals surface area (Å²) in [6, 6.07) is 8.55. The Labute approximate surface area is 175 Å². The Bertz CT molecular complexity index is 692. The fraction of sp³-hybridized carbons (Fsp3) is 0.652. The zero-order valence-electron chi connectivity index (χ0n) is 18.1. The summed E-state index contributed by atoms with van der Waals surface area (Å²) in [4.78, 5) is 19.0. The summed E-state index contributed by atoms with van der Waals surface area (Å²) >= 11 is 0. The number of benzene rings is 1. The van der Waals surface area contributed by atoms with Gasteiger partial charge in [0.15, 0.2) is 5.96 Å². The Hall–Kier alpha value is -2.24. The molecule has 1 aromatic rings. The molecule has 3 rings (SSSR count). The molecule has 0 unspecified atom stereocenters. The fourth-order valence-electron chi connectivity index (χ4n) is 3.70. The highest BCUT2D eigenvalue weighted by molar-refractivity contribution is 5.80. The molecule has 0 aromatic heterocycles. The monoisotopic (exact) mass is 400 g/mol. The number of ether oxygens (including phenoxy) is 1. The average Bonchev–Trinajstić information content (AvgIpc) is 2.69. The fourth-order valence-corrected chi connectivity index (χ4v) is 3.70. The van der Waals surface area contributed by atoms with E-state index in [4.69, 9.17) is 9.73 Å². The third-order valence-corrected chi connectivity index (χ3v) is 5.71. The molecule has 0 radical (unpaired) electrons. The van der Waals surface area contributed by atoms with Crippen molar-refractivity contribution >= 4 is 11.9 Å². The molecule has 1 aromatic carbocycles. The molecule has 0 bridgehead atoms. The van der Waals surface area contributed by atoms with E-state index < -0.39 is 0 Å². The number of rotatable bonds is 7. The molecule has 6 heteroatoms. The number of guanidine groups is 1. The van der Waals surface area contributed by atoms with Gasteiger partial charge in [0.25, 0.3) is 0 Å². The SMILES string of the molecule is CCNC(=NCc1ccccc1OC1CCC1)NC1CCN(C(=O)C(C)C)CC1. The molecule has 6 nitrogen and oxygen atoms in total. The highest BCUT2D eigenvalue weighted by Crippen LogP contribution is 2.28. The first-order valence-corrected chi connectivity index (χ1v) is 11.1. The van der Waals surface area contributed by atoms with Gasteiger partial charge in [0, 0.05) is 37.2 Å². The molecule has 160 valence electrons. The van der Waals surface area contributed by atoms with Gasteiger partial charge in [-0.25, -0.2) is 4.99 Å². The minimum absolute atomic E-state index is 0.0700. The van der Waals surface area contributed by atoms with E-state index in [9.17, 15) is 4.79 Å². The number of para-hydroxylation sites is 1. The number of hydrogen-bond acceptors (Lipinski definition) is 3. The molecule has 1 aliphatic carbocycles. The van der Waals surface area contributed by atoms with Crippen molar-refractivity contribution in [1.82, 2.24) is 15.5 Å². The van der Waals surface area contributed by atoms with E-state index in [1.165, 1.54) is 6.42 Å². The van der Waals surface area contributed by atoms with Crippen LogP contribution in [-0.2, 0) is 11.3 Å². The van der Waals surface area contributed by atoms with Crippen LogP contribution < -0.4 is 15.4 Å². The van der Waals surface area contributed by atoms with Crippen LogP contribution in [0.1, 0.15) is 58.4 Å². The lowest BCUT2D eigenvalue weighted by Gasteiger charge is -2.34. The van der Waals surface area contributed by atoms with Gasteiger partial charge in [-0.2, -0.15) is 0 Å². The van der Waals surface area contributed by atoms with Crippen molar-refractivity contribution in [2.24, 2.45) is 10.9 Å². The average molecular weight is 401 g/mol. The summed E-state index contributed by atoms with van der Waals surface area (Å²) in [6.45, 7) is 9.04. The molecule has 1 aliphatic heterocycles. The molecule has 1 amide bonds. The van der Waals surface area contributed by atoms with Gasteiger partial charge in [0.2, 0.25) is 5.91 Å². The topological polar surface area (TPSA) is 66.0 Å². The second-order valence-electron chi connectivity index (χ2n) is 8.37. The minimum atomic E-state index is 0.0700.